The van der Waals surface area contributed by atoms with Crippen LogP contribution in [0.3, 0.4) is 0 Å². The molecule has 0 aliphatic carbocycles. The fourth-order valence-corrected chi connectivity index (χ4v) is 3.41. The first-order valence-corrected chi connectivity index (χ1v) is 7.61. The lowest BCUT2D eigenvalue weighted by Gasteiger charge is -2.10. The van der Waals surface area contributed by atoms with E-state index in [9.17, 15) is 8.42 Å². The highest BCUT2D eigenvalue weighted by molar-refractivity contribution is 7.92. The first-order chi connectivity index (χ1) is 8.92. The maximum Gasteiger partial charge on any atom is 0.263 e. The summed E-state index contributed by atoms with van der Waals surface area (Å²) in [7, 11) is -3.88. The maximum atomic E-state index is 12.2. The molecular formula is C11H7Cl3N2O2S. The number of pyridine rings is 1. The third-order valence-electron chi connectivity index (χ3n) is 2.21. The van der Waals surface area contributed by atoms with Crippen molar-refractivity contribution in [2.45, 2.75) is 4.90 Å². The monoisotopic (exact) mass is 336 g/mol. The first kappa shape index (κ1) is 14.4. The Balaban J connectivity index is 2.44. The standard InChI is InChI=1S/C11H7Cl3N2O2S/c12-7-3-1-5-9(10(7)13)19(17,18)16-8-4-2-6-15-11(8)14/h1-6,16H. The van der Waals surface area contributed by atoms with Crippen LogP contribution >= 0.6 is 34.8 Å². The van der Waals surface area contributed by atoms with Crippen LogP contribution in [0.25, 0.3) is 0 Å². The molecule has 0 aliphatic rings. The van der Waals surface area contributed by atoms with Crippen LogP contribution in [0.5, 0.6) is 0 Å². The maximum absolute atomic E-state index is 12.2. The zero-order chi connectivity index (χ0) is 14.0. The number of aromatic nitrogens is 1. The number of nitrogens with zero attached hydrogens (tertiary/aromatic N) is 1. The molecule has 1 aromatic carbocycles. The van der Waals surface area contributed by atoms with E-state index < -0.39 is 10.0 Å². The van der Waals surface area contributed by atoms with Crippen LogP contribution in [0.15, 0.2) is 41.4 Å². The molecule has 19 heavy (non-hydrogen) atoms. The Morgan fingerprint density at radius 3 is 2.47 bits per heavy atom. The second kappa shape index (κ2) is 5.54. The summed E-state index contributed by atoms with van der Waals surface area (Å²) in [5.41, 5.74) is 0.167. The van der Waals surface area contributed by atoms with E-state index in [1.165, 1.54) is 30.5 Å². The summed E-state index contributed by atoms with van der Waals surface area (Å²) in [6, 6.07) is 7.39. The lowest BCUT2D eigenvalue weighted by Crippen LogP contribution is -2.14. The minimum Gasteiger partial charge on any atom is -0.276 e. The zero-order valence-electron chi connectivity index (χ0n) is 9.27. The van der Waals surface area contributed by atoms with Gasteiger partial charge in [0.2, 0.25) is 0 Å². The van der Waals surface area contributed by atoms with Crippen molar-refractivity contribution >= 4 is 50.5 Å². The fraction of sp³-hybridized carbons (Fsp3) is 0. The summed E-state index contributed by atoms with van der Waals surface area (Å²) < 4.78 is 26.7. The van der Waals surface area contributed by atoms with Gasteiger partial charge in [-0.15, -0.1) is 0 Å². The van der Waals surface area contributed by atoms with Gasteiger partial charge >= 0.3 is 0 Å². The Hall–Kier alpha value is -1.01. The molecule has 0 unspecified atom stereocenters. The molecule has 4 nitrogen and oxygen atoms in total. The normalized spacial score (nSPS) is 11.3. The second-order valence-corrected chi connectivity index (χ2v) is 6.29. The van der Waals surface area contributed by atoms with Crippen LogP contribution in [-0.2, 0) is 10.0 Å². The zero-order valence-corrected chi connectivity index (χ0v) is 12.4. The molecule has 0 aliphatic heterocycles. The van der Waals surface area contributed by atoms with Crippen LogP contribution in [0.1, 0.15) is 0 Å². The lowest BCUT2D eigenvalue weighted by atomic mass is 10.4. The van der Waals surface area contributed by atoms with E-state index >= 15 is 0 Å². The summed E-state index contributed by atoms with van der Waals surface area (Å²) >= 11 is 17.5. The van der Waals surface area contributed by atoms with Crippen molar-refractivity contribution in [3.8, 4) is 0 Å². The van der Waals surface area contributed by atoms with Crippen LogP contribution in [0, 0.1) is 0 Å². The van der Waals surface area contributed by atoms with Crippen LogP contribution < -0.4 is 4.72 Å². The Bertz CT molecular complexity index is 720. The molecule has 0 saturated carbocycles. The summed E-state index contributed by atoms with van der Waals surface area (Å²) in [5, 5.41) is 0.155. The van der Waals surface area contributed by atoms with Gasteiger partial charge < -0.3 is 0 Å². The van der Waals surface area contributed by atoms with Crippen molar-refractivity contribution in [1.82, 2.24) is 4.98 Å². The number of sulfonamides is 1. The molecule has 1 aromatic heterocycles. The minimum absolute atomic E-state index is 0.0447. The molecule has 0 radical (unpaired) electrons. The van der Waals surface area contributed by atoms with Gasteiger partial charge in [0.15, 0.2) is 5.15 Å². The van der Waals surface area contributed by atoms with Gasteiger partial charge in [-0.2, -0.15) is 0 Å². The van der Waals surface area contributed by atoms with E-state index in [1.807, 2.05) is 0 Å². The highest BCUT2D eigenvalue weighted by atomic mass is 35.5. The lowest BCUT2D eigenvalue weighted by molar-refractivity contribution is 0.601. The van der Waals surface area contributed by atoms with Crippen LogP contribution in [0.4, 0.5) is 5.69 Å². The van der Waals surface area contributed by atoms with Gasteiger partial charge in [-0.05, 0) is 24.3 Å². The second-order valence-electron chi connectivity index (χ2n) is 3.50. The predicted molar refractivity (Wildman–Crippen MR) is 76.5 cm³/mol. The van der Waals surface area contributed by atoms with E-state index in [1.54, 1.807) is 6.07 Å². The van der Waals surface area contributed by atoms with E-state index in [-0.39, 0.29) is 25.8 Å². The first-order valence-electron chi connectivity index (χ1n) is 4.99. The van der Waals surface area contributed by atoms with Crippen molar-refractivity contribution in [1.29, 1.82) is 0 Å². The van der Waals surface area contributed by atoms with E-state index in [0.29, 0.717) is 0 Å². The fourth-order valence-electron chi connectivity index (χ4n) is 1.35. The van der Waals surface area contributed by atoms with Gasteiger partial charge in [0.05, 0.1) is 15.7 Å². The van der Waals surface area contributed by atoms with Gasteiger partial charge in [-0.3, -0.25) is 4.72 Å². The summed E-state index contributed by atoms with van der Waals surface area (Å²) in [6.07, 6.45) is 1.45. The Kier molecular flexibility index (Phi) is 4.20. The van der Waals surface area contributed by atoms with Crippen molar-refractivity contribution < 1.29 is 8.42 Å². The van der Waals surface area contributed by atoms with Gasteiger partial charge in [0.1, 0.15) is 4.90 Å². The third kappa shape index (κ3) is 3.12. The number of anilines is 1. The number of nitrogens with one attached hydrogen (secondary N) is 1. The minimum atomic E-state index is -3.88. The topological polar surface area (TPSA) is 59.1 Å². The van der Waals surface area contributed by atoms with Crippen LogP contribution in [-0.4, -0.2) is 13.4 Å². The molecule has 0 amide bonds. The SMILES string of the molecule is O=S(=O)(Nc1cccnc1Cl)c1cccc(Cl)c1Cl. The molecule has 0 saturated heterocycles. The number of halogens is 3. The molecule has 0 bridgehead atoms. The molecule has 0 atom stereocenters. The van der Waals surface area contributed by atoms with Gasteiger partial charge in [-0.1, -0.05) is 40.9 Å². The smallest absolute Gasteiger partial charge is 0.263 e. The summed E-state index contributed by atoms with van der Waals surface area (Å²) in [4.78, 5) is 3.65. The van der Waals surface area contributed by atoms with E-state index in [2.05, 4.69) is 9.71 Å². The Morgan fingerprint density at radius 2 is 1.79 bits per heavy atom. The number of benzene rings is 1. The third-order valence-corrected chi connectivity index (χ3v) is 4.85. The van der Waals surface area contributed by atoms with E-state index in [0.717, 1.165) is 0 Å². The molecule has 100 valence electrons. The van der Waals surface area contributed by atoms with Crippen LogP contribution in [0.2, 0.25) is 15.2 Å². The molecule has 1 heterocycles. The Morgan fingerprint density at radius 1 is 1.05 bits per heavy atom. The molecule has 1 N–H and O–H groups in total. The highest BCUT2D eigenvalue weighted by Gasteiger charge is 2.20. The molecule has 2 rings (SSSR count). The average molecular weight is 338 g/mol. The number of rotatable bonds is 3. The molecular weight excluding hydrogens is 331 g/mol. The van der Waals surface area contributed by atoms with Crippen molar-refractivity contribution in [2.24, 2.45) is 0 Å². The van der Waals surface area contributed by atoms with Gasteiger partial charge in [-0.25, -0.2) is 13.4 Å². The summed E-state index contributed by atoms with van der Waals surface area (Å²) in [6.45, 7) is 0. The molecule has 0 spiro atoms. The van der Waals surface area contributed by atoms with E-state index in [4.69, 9.17) is 34.8 Å². The quantitative estimate of drug-likeness (QED) is 0.866. The molecule has 0 fully saturated rings. The average Bonchev–Trinajstić information content (AvgIpc) is 2.35. The van der Waals surface area contributed by atoms with Crippen molar-refractivity contribution in [3.63, 3.8) is 0 Å². The van der Waals surface area contributed by atoms with Gasteiger partial charge in [0, 0.05) is 6.20 Å². The molecule has 8 heteroatoms. The van der Waals surface area contributed by atoms with Gasteiger partial charge in [0.25, 0.3) is 10.0 Å². The predicted octanol–water partition coefficient (Wildman–Crippen LogP) is 3.84. The summed E-state index contributed by atoms with van der Waals surface area (Å²) in [5.74, 6) is 0. The van der Waals surface area contributed by atoms with Crippen molar-refractivity contribution in [3.05, 3.63) is 51.7 Å². The number of hydrogen-bond donors (Lipinski definition) is 1. The van der Waals surface area contributed by atoms with Crippen molar-refractivity contribution in [2.75, 3.05) is 4.72 Å². The Labute approximate surface area is 125 Å². The highest BCUT2D eigenvalue weighted by Crippen LogP contribution is 2.31. The largest absolute Gasteiger partial charge is 0.276 e. The number of hydrogen-bond acceptors (Lipinski definition) is 3. The molecule has 2 aromatic rings.